The summed E-state index contributed by atoms with van der Waals surface area (Å²) in [6.07, 6.45) is 6.62. The Morgan fingerprint density at radius 3 is 2.67 bits per heavy atom. The molecule has 0 aromatic rings. The average molecular weight is 417 g/mol. The van der Waals surface area contributed by atoms with Gasteiger partial charge in [0.1, 0.15) is 23.7 Å². The van der Waals surface area contributed by atoms with Gasteiger partial charge in [0.15, 0.2) is 0 Å². The normalized spacial score (nSPS) is 48.5. The molecule has 0 aromatic carbocycles. The fourth-order valence-corrected chi connectivity index (χ4v) is 7.95. The predicted octanol–water partition coefficient (Wildman–Crippen LogP) is 2.25. The van der Waals surface area contributed by atoms with Crippen LogP contribution in [0.1, 0.15) is 65.2 Å². The molecule has 0 bridgehead atoms. The first-order valence-corrected chi connectivity index (χ1v) is 12.0. The lowest BCUT2D eigenvalue weighted by Gasteiger charge is -2.59. The van der Waals surface area contributed by atoms with E-state index in [0.29, 0.717) is 55.1 Å². The van der Waals surface area contributed by atoms with Crippen molar-refractivity contribution in [2.75, 3.05) is 19.6 Å². The molecule has 166 valence electrons. The maximum Gasteiger partial charge on any atom is 0.324 e. The van der Waals surface area contributed by atoms with E-state index >= 15 is 0 Å². The van der Waals surface area contributed by atoms with Gasteiger partial charge in [-0.05, 0) is 61.7 Å². The maximum atomic E-state index is 13.3. The second-order valence-electron chi connectivity index (χ2n) is 11.1. The second-order valence-corrected chi connectivity index (χ2v) is 11.1. The number of ketones is 2. The van der Waals surface area contributed by atoms with Crippen molar-refractivity contribution in [3.63, 3.8) is 0 Å². The van der Waals surface area contributed by atoms with E-state index in [4.69, 9.17) is 4.74 Å². The predicted molar refractivity (Wildman–Crippen MR) is 112 cm³/mol. The van der Waals surface area contributed by atoms with Gasteiger partial charge >= 0.3 is 5.97 Å². The third-order valence-electron chi connectivity index (χ3n) is 9.73. The first-order valence-electron chi connectivity index (χ1n) is 12.0. The van der Waals surface area contributed by atoms with Crippen LogP contribution >= 0.6 is 0 Å². The number of fused-ring (bicyclic) bond motifs is 5. The smallest absolute Gasteiger partial charge is 0.324 e. The molecule has 3 unspecified atom stereocenters. The van der Waals surface area contributed by atoms with Crippen LogP contribution in [0.4, 0.5) is 0 Å². The van der Waals surface area contributed by atoms with Gasteiger partial charge in [-0.2, -0.15) is 0 Å². The zero-order valence-electron chi connectivity index (χ0n) is 18.4. The number of carbonyl (C=O) groups is 3. The van der Waals surface area contributed by atoms with Crippen molar-refractivity contribution in [1.29, 1.82) is 0 Å². The molecule has 0 amide bonds. The third kappa shape index (κ3) is 3.09. The standard InChI is InChI=1S/C24H36N2O4/c1-23-7-5-14(30-22(29)19-13-25-9-10-26-19)11-18(23)20(27)12-15-16-3-4-21(28)24(16,2)8-6-17(15)23/h14-19,25-26H,3-13H2,1-2H3/t14?,15-,16-,17-,18?,19?,23+,24-/m0/s1. The third-order valence-corrected chi connectivity index (χ3v) is 9.73. The van der Waals surface area contributed by atoms with Crippen LogP contribution in [0.25, 0.3) is 0 Å². The van der Waals surface area contributed by atoms with Crippen LogP contribution in [0.15, 0.2) is 0 Å². The van der Waals surface area contributed by atoms with Gasteiger partial charge in [0.2, 0.25) is 0 Å². The molecule has 4 aliphatic carbocycles. The molecule has 0 aromatic heterocycles. The highest BCUT2D eigenvalue weighted by Gasteiger charge is 2.62. The molecule has 2 N–H and O–H groups in total. The van der Waals surface area contributed by atoms with E-state index in [0.717, 1.165) is 45.2 Å². The summed E-state index contributed by atoms with van der Waals surface area (Å²) in [6, 6.07) is -0.283. The summed E-state index contributed by atoms with van der Waals surface area (Å²) in [6.45, 7) is 6.73. The number of carbonyl (C=O) groups excluding carboxylic acids is 3. The number of piperazine rings is 1. The highest BCUT2D eigenvalue weighted by atomic mass is 16.5. The minimum atomic E-state index is -0.283. The molecule has 1 aliphatic heterocycles. The number of rotatable bonds is 2. The van der Waals surface area contributed by atoms with Gasteiger partial charge < -0.3 is 15.4 Å². The van der Waals surface area contributed by atoms with E-state index < -0.39 is 0 Å². The minimum absolute atomic E-state index is 0.01000. The molecule has 0 spiro atoms. The zero-order valence-corrected chi connectivity index (χ0v) is 18.4. The molecule has 1 heterocycles. The Morgan fingerprint density at radius 1 is 1.07 bits per heavy atom. The monoisotopic (exact) mass is 416 g/mol. The molecule has 6 heteroatoms. The zero-order chi connectivity index (χ0) is 21.1. The Labute approximate surface area is 179 Å². The van der Waals surface area contributed by atoms with Crippen molar-refractivity contribution in [3.05, 3.63) is 0 Å². The van der Waals surface area contributed by atoms with Crippen LogP contribution < -0.4 is 10.6 Å². The second kappa shape index (κ2) is 7.40. The van der Waals surface area contributed by atoms with E-state index in [2.05, 4.69) is 24.5 Å². The fraction of sp³-hybridized carbons (Fsp3) is 0.875. The summed E-state index contributed by atoms with van der Waals surface area (Å²) in [7, 11) is 0. The molecule has 0 radical (unpaired) electrons. The number of esters is 1. The van der Waals surface area contributed by atoms with Gasteiger partial charge in [-0.15, -0.1) is 0 Å². The van der Waals surface area contributed by atoms with Crippen molar-refractivity contribution in [3.8, 4) is 0 Å². The van der Waals surface area contributed by atoms with Gasteiger partial charge in [-0.25, -0.2) is 0 Å². The van der Waals surface area contributed by atoms with Crippen molar-refractivity contribution in [2.24, 2.45) is 34.5 Å². The lowest BCUT2D eigenvalue weighted by molar-refractivity contribution is -0.171. The number of hydrogen-bond acceptors (Lipinski definition) is 6. The van der Waals surface area contributed by atoms with E-state index in [9.17, 15) is 14.4 Å². The largest absolute Gasteiger partial charge is 0.461 e. The van der Waals surface area contributed by atoms with Crippen LogP contribution in [0.2, 0.25) is 0 Å². The van der Waals surface area contributed by atoms with Gasteiger partial charge in [-0.1, -0.05) is 13.8 Å². The van der Waals surface area contributed by atoms with Crippen molar-refractivity contribution < 1.29 is 19.1 Å². The van der Waals surface area contributed by atoms with Crippen LogP contribution in [-0.4, -0.2) is 49.3 Å². The maximum absolute atomic E-state index is 13.3. The fourth-order valence-electron chi connectivity index (χ4n) is 7.95. The molecular weight excluding hydrogens is 380 g/mol. The van der Waals surface area contributed by atoms with Gasteiger partial charge in [0.25, 0.3) is 0 Å². The van der Waals surface area contributed by atoms with E-state index in [1.807, 2.05) is 0 Å². The first-order chi connectivity index (χ1) is 14.3. The summed E-state index contributed by atoms with van der Waals surface area (Å²) in [5.41, 5.74) is -0.209. The molecular formula is C24H36N2O4. The Bertz CT molecular complexity index is 747. The Kier molecular flexibility index (Phi) is 5.09. The summed E-state index contributed by atoms with van der Waals surface area (Å²) in [5, 5.41) is 6.44. The molecule has 6 nitrogen and oxygen atoms in total. The van der Waals surface area contributed by atoms with E-state index in [1.54, 1.807) is 0 Å². The van der Waals surface area contributed by atoms with Crippen LogP contribution in [0.3, 0.4) is 0 Å². The number of Topliss-reactive ketones (excluding diaryl/α,β-unsaturated/α-hetero) is 2. The van der Waals surface area contributed by atoms with Gasteiger partial charge in [0, 0.05) is 43.8 Å². The minimum Gasteiger partial charge on any atom is -0.461 e. The number of ether oxygens (including phenoxy) is 1. The SMILES string of the molecule is C[C@]12CCC(OC(=O)C3CNCCN3)CC1C(=O)C[C@@H]1[C@@H]2CC[C@]2(C)C(=O)CC[C@@H]12. The molecule has 8 atom stereocenters. The molecule has 1 saturated heterocycles. The molecule has 30 heavy (non-hydrogen) atoms. The highest BCUT2D eigenvalue weighted by molar-refractivity contribution is 5.88. The number of hydrogen-bond donors (Lipinski definition) is 2. The summed E-state index contributed by atoms with van der Waals surface area (Å²) in [5.74, 6) is 1.84. The number of nitrogens with one attached hydrogen (secondary N) is 2. The quantitative estimate of drug-likeness (QED) is 0.672. The van der Waals surface area contributed by atoms with Crippen molar-refractivity contribution in [2.45, 2.75) is 77.4 Å². The van der Waals surface area contributed by atoms with E-state index in [-0.39, 0.29) is 34.9 Å². The van der Waals surface area contributed by atoms with Gasteiger partial charge in [-0.3, -0.25) is 14.4 Å². The van der Waals surface area contributed by atoms with Crippen LogP contribution in [0, 0.1) is 34.5 Å². The lowest BCUT2D eigenvalue weighted by Crippen LogP contribution is -2.58. The summed E-state index contributed by atoms with van der Waals surface area (Å²) in [4.78, 5) is 38.5. The summed E-state index contributed by atoms with van der Waals surface area (Å²) < 4.78 is 5.87. The average Bonchev–Trinajstić information content (AvgIpc) is 3.04. The molecule has 5 rings (SSSR count). The highest BCUT2D eigenvalue weighted by Crippen LogP contribution is 2.64. The molecule has 4 saturated carbocycles. The lowest BCUT2D eigenvalue weighted by atomic mass is 9.45. The van der Waals surface area contributed by atoms with Crippen LogP contribution in [0.5, 0.6) is 0 Å². The topological polar surface area (TPSA) is 84.5 Å². The van der Waals surface area contributed by atoms with Crippen LogP contribution in [-0.2, 0) is 19.1 Å². The van der Waals surface area contributed by atoms with Gasteiger partial charge in [0.05, 0.1) is 0 Å². The molecule has 5 fully saturated rings. The Hall–Kier alpha value is -1.27. The Balaban J connectivity index is 1.30. The summed E-state index contributed by atoms with van der Waals surface area (Å²) >= 11 is 0. The molecule has 5 aliphatic rings. The van der Waals surface area contributed by atoms with E-state index in [1.165, 1.54) is 0 Å². The van der Waals surface area contributed by atoms with Crippen molar-refractivity contribution in [1.82, 2.24) is 10.6 Å². The van der Waals surface area contributed by atoms with Crippen molar-refractivity contribution >= 4 is 17.5 Å². The Morgan fingerprint density at radius 2 is 1.90 bits per heavy atom. The first kappa shape index (κ1) is 20.6.